The topological polar surface area (TPSA) is 26.0 Å². The van der Waals surface area contributed by atoms with Crippen LogP contribution < -0.4 is 5.73 Å². The Morgan fingerprint density at radius 1 is 1.45 bits per heavy atom. The van der Waals surface area contributed by atoms with Gasteiger partial charge in [0, 0.05) is 6.04 Å². The molecule has 66 valence electrons. The Kier molecular flexibility index (Phi) is 6.24. The number of hydrogen-bond acceptors (Lipinski definition) is 1. The molecule has 0 saturated heterocycles. The van der Waals surface area contributed by atoms with E-state index < -0.39 is 0 Å². The third kappa shape index (κ3) is 6.11. The van der Waals surface area contributed by atoms with Gasteiger partial charge >= 0.3 is 0 Å². The molecule has 0 aliphatic rings. The van der Waals surface area contributed by atoms with Crippen LogP contribution in [-0.4, -0.2) is 6.04 Å². The third-order valence-corrected chi connectivity index (χ3v) is 1.85. The maximum absolute atomic E-state index is 5.88. The summed E-state index contributed by atoms with van der Waals surface area (Å²) in [6.45, 7) is 6.46. The largest absolute Gasteiger partial charge is 0.328 e. The fourth-order valence-electron chi connectivity index (χ4n) is 1.37. The van der Waals surface area contributed by atoms with Crippen molar-refractivity contribution in [1.29, 1.82) is 0 Å². The van der Waals surface area contributed by atoms with Gasteiger partial charge in [-0.2, -0.15) is 0 Å². The van der Waals surface area contributed by atoms with Crippen LogP contribution in [0.15, 0.2) is 12.2 Å². The monoisotopic (exact) mass is 155 g/mol. The molecule has 2 atom stereocenters. The Morgan fingerprint density at radius 3 is 2.55 bits per heavy atom. The van der Waals surface area contributed by atoms with Crippen LogP contribution in [0, 0.1) is 5.92 Å². The highest BCUT2D eigenvalue weighted by Gasteiger charge is 2.04. The lowest BCUT2D eigenvalue weighted by molar-refractivity contribution is 0.498. The summed E-state index contributed by atoms with van der Waals surface area (Å²) in [7, 11) is 0. The van der Waals surface area contributed by atoms with Gasteiger partial charge in [0.2, 0.25) is 0 Å². The van der Waals surface area contributed by atoms with Gasteiger partial charge in [-0.15, -0.1) is 0 Å². The maximum atomic E-state index is 5.88. The van der Waals surface area contributed by atoms with E-state index in [9.17, 15) is 0 Å². The lowest BCUT2D eigenvalue weighted by atomic mass is 9.99. The molecular weight excluding hydrogens is 134 g/mol. The van der Waals surface area contributed by atoms with E-state index in [0.29, 0.717) is 12.0 Å². The predicted octanol–water partition coefficient (Wildman–Crippen LogP) is 2.72. The molecule has 0 fully saturated rings. The third-order valence-electron chi connectivity index (χ3n) is 1.85. The Hall–Kier alpha value is -0.300. The Bertz CT molecular complexity index is 107. The highest BCUT2D eigenvalue weighted by molar-refractivity contribution is 4.84. The molecule has 0 aliphatic carbocycles. The molecule has 1 heteroatoms. The summed E-state index contributed by atoms with van der Waals surface area (Å²) in [5, 5.41) is 0. The van der Waals surface area contributed by atoms with Crippen molar-refractivity contribution in [2.75, 3.05) is 0 Å². The van der Waals surface area contributed by atoms with E-state index in [1.54, 1.807) is 0 Å². The number of rotatable bonds is 5. The van der Waals surface area contributed by atoms with Crippen LogP contribution >= 0.6 is 0 Å². The first-order valence-corrected chi connectivity index (χ1v) is 4.59. The Labute approximate surface area is 70.7 Å². The molecule has 0 rings (SSSR count). The van der Waals surface area contributed by atoms with Gasteiger partial charge in [0.05, 0.1) is 0 Å². The van der Waals surface area contributed by atoms with Crippen molar-refractivity contribution in [2.24, 2.45) is 11.7 Å². The van der Waals surface area contributed by atoms with Crippen molar-refractivity contribution in [1.82, 2.24) is 0 Å². The Morgan fingerprint density at radius 2 is 2.09 bits per heavy atom. The van der Waals surface area contributed by atoms with E-state index in [2.05, 4.69) is 32.9 Å². The summed E-state index contributed by atoms with van der Waals surface area (Å²) < 4.78 is 0. The van der Waals surface area contributed by atoms with Gasteiger partial charge in [0.25, 0.3) is 0 Å². The smallest absolute Gasteiger partial charge is 0.00442 e. The van der Waals surface area contributed by atoms with Gasteiger partial charge in [-0.1, -0.05) is 32.4 Å². The number of allylic oxidation sites excluding steroid dienone is 2. The molecule has 0 spiro atoms. The van der Waals surface area contributed by atoms with E-state index in [1.165, 1.54) is 6.42 Å². The van der Waals surface area contributed by atoms with E-state index in [4.69, 9.17) is 5.73 Å². The summed E-state index contributed by atoms with van der Waals surface area (Å²) in [6.07, 6.45) is 7.79. The summed E-state index contributed by atoms with van der Waals surface area (Å²) in [5.41, 5.74) is 5.88. The molecule has 0 aliphatic heterocycles. The minimum absolute atomic E-state index is 0.395. The molecular formula is C10H21N. The average molecular weight is 155 g/mol. The second-order valence-electron chi connectivity index (χ2n) is 3.29. The van der Waals surface area contributed by atoms with Crippen molar-refractivity contribution in [3.05, 3.63) is 12.2 Å². The van der Waals surface area contributed by atoms with Crippen LogP contribution in [0.25, 0.3) is 0 Å². The van der Waals surface area contributed by atoms with Crippen LogP contribution in [0.3, 0.4) is 0 Å². The van der Waals surface area contributed by atoms with Crippen molar-refractivity contribution < 1.29 is 0 Å². The summed E-state index contributed by atoms with van der Waals surface area (Å²) in [6, 6.07) is 0.395. The SMILES string of the molecule is C/C=C/[C@@H](C)C[C@@H](N)CCC. The molecule has 0 radical (unpaired) electrons. The standard InChI is InChI=1S/C10H21N/c1-4-6-9(3)8-10(11)7-5-2/h4,6,9-10H,5,7-8,11H2,1-3H3/b6-4+/t9-,10+/m1/s1. The van der Waals surface area contributed by atoms with Crippen molar-refractivity contribution in [3.63, 3.8) is 0 Å². The zero-order valence-electron chi connectivity index (χ0n) is 8.01. The summed E-state index contributed by atoms with van der Waals surface area (Å²) in [4.78, 5) is 0. The van der Waals surface area contributed by atoms with Gasteiger partial charge in [-0.3, -0.25) is 0 Å². The van der Waals surface area contributed by atoms with Crippen LogP contribution in [0.4, 0.5) is 0 Å². The summed E-state index contributed by atoms with van der Waals surface area (Å²) in [5.74, 6) is 0.640. The lowest BCUT2D eigenvalue weighted by Crippen LogP contribution is -2.21. The molecule has 0 heterocycles. The van der Waals surface area contributed by atoms with Crippen molar-refractivity contribution >= 4 is 0 Å². The zero-order chi connectivity index (χ0) is 8.69. The second kappa shape index (κ2) is 6.41. The van der Waals surface area contributed by atoms with E-state index in [-0.39, 0.29) is 0 Å². The normalized spacial score (nSPS) is 17.1. The van der Waals surface area contributed by atoms with Crippen LogP contribution in [0.2, 0.25) is 0 Å². The maximum Gasteiger partial charge on any atom is 0.00442 e. The molecule has 0 aromatic heterocycles. The first-order valence-electron chi connectivity index (χ1n) is 4.59. The lowest BCUT2D eigenvalue weighted by Gasteiger charge is -2.12. The highest BCUT2D eigenvalue weighted by Crippen LogP contribution is 2.09. The van der Waals surface area contributed by atoms with Gasteiger partial charge in [-0.05, 0) is 25.7 Å². The van der Waals surface area contributed by atoms with Crippen molar-refractivity contribution in [3.8, 4) is 0 Å². The first kappa shape index (κ1) is 10.7. The molecule has 0 saturated carbocycles. The highest BCUT2D eigenvalue weighted by atomic mass is 14.6. The fraction of sp³-hybridized carbons (Fsp3) is 0.800. The van der Waals surface area contributed by atoms with E-state index >= 15 is 0 Å². The zero-order valence-corrected chi connectivity index (χ0v) is 8.01. The number of nitrogens with two attached hydrogens (primary N) is 1. The molecule has 1 nitrogen and oxygen atoms in total. The minimum atomic E-state index is 0.395. The molecule has 2 N–H and O–H groups in total. The Balaban J connectivity index is 3.48. The minimum Gasteiger partial charge on any atom is -0.328 e. The quantitative estimate of drug-likeness (QED) is 0.607. The van der Waals surface area contributed by atoms with Gasteiger partial charge < -0.3 is 5.73 Å². The molecule has 0 bridgehead atoms. The number of hydrogen-bond donors (Lipinski definition) is 1. The predicted molar refractivity (Wildman–Crippen MR) is 51.5 cm³/mol. The van der Waals surface area contributed by atoms with Crippen LogP contribution in [0.5, 0.6) is 0 Å². The molecule has 11 heavy (non-hydrogen) atoms. The van der Waals surface area contributed by atoms with Gasteiger partial charge in [0.15, 0.2) is 0 Å². The van der Waals surface area contributed by atoms with Gasteiger partial charge in [-0.25, -0.2) is 0 Å². The van der Waals surface area contributed by atoms with Gasteiger partial charge in [0.1, 0.15) is 0 Å². The average Bonchev–Trinajstić information content (AvgIpc) is 1.87. The molecule has 0 aromatic carbocycles. The molecule has 0 unspecified atom stereocenters. The van der Waals surface area contributed by atoms with E-state index in [0.717, 1.165) is 12.8 Å². The van der Waals surface area contributed by atoms with E-state index in [1.807, 2.05) is 0 Å². The van der Waals surface area contributed by atoms with Crippen LogP contribution in [0.1, 0.15) is 40.0 Å². The molecule has 0 aromatic rings. The van der Waals surface area contributed by atoms with Crippen LogP contribution in [-0.2, 0) is 0 Å². The second-order valence-corrected chi connectivity index (χ2v) is 3.29. The first-order chi connectivity index (χ1) is 5.20. The fourth-order valence-corrected chi connectivity index (χ4v) is 1.37. The van der Waals surface area contributed by atoms with Crippen molar-refractivity contribution in [2.45, 2.75) is 46.1 Å². The molecule has 0 amide bonds. The summed E-state index contributed by atoms with van der Waals surface area (Å²) >= 11 is 0.